The van der Waals surface area contributed by atoms with Gasteiger partial charge in [0.2, 0.25) is 0 Å². The number of benzene rings is 1. The molecule has 1 saturated carbocycles. The number of guanidine groups is 1. The van der Waals surface area contributed by atoms with Gasteiger partial charge in [-0.05, 0) is 49.3 Å². The predicted octanol–water partition coefficient (Wildman–Crippen LogP) is 3.32. The summed E-state index contributed by atoms with van der Waals surface area (Å²) in [6.45, 7) is 7.49. The third kappa shape index (κ3) is 5.48. The Morgan fingerprint density at radius 1 is 1.22 bits per heavy atom. The molecule has 0 aromatic heterocycles. The van der Waals surface area contributed by atoms with E-state index < -0.39 is 0 Å². The van der Waals surface area contributed by atoms with Crippen molar-refractivity contribution in [2.45, 2.75) is 39.2 Å². The zero-order valence-electron chi connectivity index (χ0n) is 16.8. The van der Waals surface area contributed by atoms with Crippen molar-refractivity contribution in [1.29, 1.82) is 0 Å². The molecule has 0 bridgehead atoms. The molecule has 5 heteroatoms. The summed E-state index contributed by atoms with van der Waals surface area (Å²) in [4.78, 5) is 7.19. The Kier molecular flexibility index (Phi) is 7.16. The molecule has 1 fully saturated rings. The van der Waals surface area contributed by atoms with Crippen LogP contribution in [-0.2, 0) is 11.3 Å². The normalized spacial score (nSPS) is 18.4. The van der Waals surface area contributed by atoms with Gasteiger partial charge < -0.3 is 20.3 Å². The lowest BCUT2D eigenvalue weighted by molar-refractivity contribution is 0.0732. The average molecular weight is 371 g/mol. The van der Waals surface area contributed by atoms with E-state index in [-0.39, 0.29) is 0 Å². The van der Waals surface area contributed by atoms with Crippen molar-refractivity contribution >= 4 is 11.6 Å². The van der Waals surface area contributed by atoms with Gasteiger partial charge in [-0.25, -0.2) is 4.99 Å². The molecule has 0 amide bonds. The van der Waals surface area contributed by atoms with Crippen LogP contribution >= 0.6 is 0 Å². The second-order valence-electron chi connectivity index (χ2n) is 7.69. The van der Waals surface area contributed by atoms with Crippen molar-refractivity contribution < 1.29 is 4.74 Å². The van der Waals surface area contributed by atoms with Gasteiger partial charge >= 0.3 is 0 Å². The lowest BCUT2D eigenvalue weighted by Gasteiger charge is -2.42. The van der Waals surface area contributed by atoms with Crippen LogP contribution in [-0.4, -0.2) is 45.9 Å². The Hall–Kier alpha value is -2.01. The topological polar surface area (TPSA) is 48.9 Å². The van der Waals surface area contributed by atoms with Crippen LogP contribution in [0.2, 0.25) is 0 Å². The number of ether oxygens (including phenoxy) is 1. The highest BCUT2D eigenvalue weighted by molar-refractivity contribution is 5.79. The highest BCUT2D eigenvalue weighted by Crippen LogP contribution is 2.43. The molecule has 1 aromatic rings. The van der Waals surface area contributed by atoms with Gasteiger partial charge in [0.25, 0.3) is 0 Å². The largest absolute Gasteiger partial charge is 0.385 e. The number of hydrogen-bond acceptors (Lipinski definition) is 3. The van der Waals surface area contributed by atoms with Gasteiger partial charge in [0.15, 0.2) is 5.96 Å². The quantitative estimate of drug-likeness (QED) is 0.398. The SMILES string of the molecule is CCNC(=NCc1cccc(N2CC=CC2)c1)NCC1(CCOC)CCC1. The Balaban J connectivity index is 1.57. The maximum absolute atomic E-state index is 5.30. The molecule has 0 atom stereocenters. The number of nitrogens with zero attached hydrogens (tertiary/aromatic N) is 2. The van der Waals surface area contributed by atoms with Gasteiger partial charge in [-0.1, -0.05) is 30.7 Å². The molecule has 3 rings (SSSR count). The number of anilines is 1. The Labute approximate surface area is 163 Å². The zero-order valence-corrected chi connectivity index (χ0v) is 16.8. The summed E-state index contributed by atoms with van der Waals surface area (Å²) in [7, 11) is 1.79. The molecule has 1 heterocycles. The zero-order chi connectivity index (χ0) is 19.0. The van der Waals surface area contributed by atoms with Crippen LogP contribution in [0.3, 0.4) is 0 Å². The standard InChI is InChI=1S/C22H34N4O/c1-3-23-21(25-18-22(10-7-11-22)12-15-27-2)24-17-19-8-6-9-20(16-19)26-13-4-5-14-26/h4-6,8-9,16H,3,7,10-15,17-18H2,1-2H3,(H2,23,24,25). The summed E-state index contributed by atoms with van der Waals surface area (Å²) < 4.78 is 5.30. The summed E-state index contributed by atoms with van der Waals surface area (Å²) >= 11 is 0. The molecule has 5 nitrogen and oxygen atoms in total. The maximum Gasteiger partial charge on any atom is 0.191 e. The molecular formula is C22H34N4O. The van der Waals surface area contributed by atoms with E-state index in [2.05, 4.69) is 58.9 Å². The minimum absolute atomic E-state index is 0.384. The summed E-state index contributed by atoms with van der Waals surface area (Å²) in [5.74, 6) is 0.912. The minimum Gasteiger partial charge on any atom is -0.385 e. The van der Waals surface area contributed by atoms with E-state index in [1.54, 1.807) is 7.11 Å². The van der Waals surface area contributed by atoms with Gasteiger partial charge in [0.1, 0.15) is 0 Å². The predicted molar refractivity (Wildman–Crippen MR) is 113 cm³/mol. The summed E-state index contributed by atoms with van der Waals surface area (Å²) in [6, 6.07) is 8.73. The molecule has 1 aromatic carbocycles. The van der Waals surface area contributed by atoms with Gasteiger partial charge in [-0.15, -0.1) is 0 Å². The van der Waals surface area contributed by atoms with E-state index in [4.69, 9.17) is 9.73 Å². The van der Waals surface area contributed by atoms with E-state index in [1.807, 2.05) is 0 Å². The first-order valence-electron chi connectivity index (χ1n) is 10.2. The molecule has 0 radical (unpaired) electrons. The number of methoxy groups -OCH3 is 1. The maximum atomic E-state index is 5.30. The molecule has 2 N–H and O–H groups in total. The first kappa shape index (κ1) is 19.7. The molecule has 0 saturated heterocycles. The van der Waals surface area contributed by atoms with Gasteiger partial charge in [0, 0.05) is 45.6 Å². The lowest BCUT2D eigenvalue weighted by Crippen LogP contribution is -2.46. The monoisotopic (exact) mass is 370 g/mol. The van der Waals surface area contributed by atoms with Crippen molar-refractivity contribution in [2.75, 3.05) is 44.8 Å². The van der Waals surface area contributed by atoms with E-state index in [0.717, 1.165) is 45.2 Å². The fraction of sp³-hybridized carbons (Fsp3) is 0.591. The molecular weight excluding hydrogens is 336 g/mol. The number of hydrogen-bond donors (Lipinski definition) is 2. The van der Waals surface area contributed by atoms with Crippen LogP contribution in [0.5, 0.6) is 0 Å². The second kappa shape index (κ2) is 9.79. The molecule has 1 aliphatic carbocycles. The number of aliphatic imine (C=N–C) groups is 1. The number of nitrogens with one attached hydrogen (secondary N) is 2. The summed E-state index contributed by atoms with van der Waals surface area (Å²) in [5, 5.41) is 6.96. The van der Waals surface area contributed by atoms with Crippen molar-refractivity contribution in [3.63, 3.8) is 0 Å². The van der Waals surface area contributed by atoms with Crippen LogP contribution in [0.4, 0.5) is 5.69 Å². The van der Waals surface area contributed by atoms with Crippen molar-refractivity contribution in [3.05, 3.63) is 42.0 Å². The summed E-state index contributed by atoms with van der Waals surface area (Å²) in [5.41, 5.74) is 2.91. The van der Waals surface area contributed by atoms with Gasteiger partial charge in [-0.2, -0.15) is 0 Å². The molecule has 1 aliphatic heterocycles. The Bertz CT molecular complexity index is 643. The molecule has 0 unspecified atom stereocenters. The van der Waals surface area contributed by atoms with Crippen molar-refractivity contribution in [2.24, 2.45) is 10.4 Å². The molecule has 27 heavy (non-hydrogen) atoms. The van der Waals surface area contributed by atoms with Gasteiger partial charge in [-0.3, -0.25) is 0 Å². The average Bonchev–Trinajstić information content (AvgIpc) is 3.20. The van der Waals surface area contributed by atoms with Crippen molar-refractivity contribution in [1.82, 2.24) is 10.6 Å². The van der Waals surface area contributed by atoms with E-state index >= 15 is 0 Å². The highest BCUT2D eigenvalue weighted by Gasteiger charge is 2.36. The smallest absolute Gasteiger partial charge is 0.191 e. The van der Waals surface area contributed by atoms with Crippen LogP contribution < -0.4 is 15.5 Å². The summed E-state index contributed by atoms with van der Waals surface area (Å²) in [6.07, 6.45) is 9.47. The molecule has 148 valence electrons. The van der Waals surface area contributed by atoms with Crippen LogP contribution in [0.25, 0.3) is 0 Å². The third-order valence-electron chi connectivity index (χ3n) is 5.74. The highest BCUT2D eigenvalue weighted by atomic mass is 16.5. The fourth-order valence-corrected chi connectivity index (χ4v) is 3.83. The Morgan fingerprint density at radius 3 is 2.70 bits per heavy atom. The first-order chi connectivity index (χ1) is 13.2. The minimum atomic E-state index is 0.384. The van der Waals surface area contributed by atoms with E-state index in [1.165, 1.54) is 30.5 Å². The number of rotatable bonds is 9. The van der Waals surface area contributed by atoms with Crippen LogP contribution in [0.15, 0.2) is 41.4 Å². The fourth-order valence-electron chi connectivity index (χ4n) is 3.83. The third-order valence-corrected chi connectivity index (χ3v) is 5.74. The molecule has 0 spiro atoms. The van der Waals surface area contributed by atoms with Crippen molar-refractivity contribution in [3.8, 4) is 0 Å². The first-order valence-corrected chi connectivity index (χ1v) is 10.2. The van der Waals surface area contributed by atoms with Crippen LogP contribution in [0, 0.1) is 5.41 Å². The van der Waals surface area contributed by atoms with E-state index in [0.29, 0.717) is 12.0 Å². The molecule has 2 aliphatic rings. The Morgan fingerprint density at radius 2 is 2.04 bits per heavy atom. The van der Waals surface area contributed by atoms with E-state index in [9.17, 15) is 0 Å². The lowest BCUT2D eigenvalue weighted by atomic mass is 9.67. The van der Waals surface area contributed by atoms with Gasteiger partial charge in [0.05, 0.1) is 6.54 Å². The van der Waals surface area contributed by atoms with Crippen LogP contribution in [0.1, 0.15) is 38.2 Å². The second-order valence-corrected chi connectivity index (χ2v) is 7.69.